The first-order valence-electron chi connectivity index (χ1n) is 39.1. The first-order valence-corrected chi connectivity index (χ1v) is 56.5. The number of aromatic nitrogens is 24. The van der Waals surface area contributed by atoms with Crippen LogP contribution >= 0.6 is 63.8 Å². The van der Waals surface area contributed by atoms with Gasteiger partial charge < -0.3 is 142 Å². The monoisotopic (exact) mass is 2120 g/mol. The van der Waals surface area contributed by atoms with Crippen LogP contribution in [0.15, 0.2) is 70.5 Å². The fourth-order valence-corrected chi connectivity index (χ4v) is 25.7. The predicted molar refractivity (Wildman–Crippen MR) is 489 cm³/mol. The highest BCUT2D eigenvalue weighted by molar-refractivity contribution is 8.09. The van der Waals surface area contributed by atoms with Crippen LogP contribution in [-0.2, 0) is 144 Å². The number of alkyl halides is 2. The van der Waals surface area contributed by atoms with Crippen LogP contribution in [-0.4, -0.2) is 273 Å². The van der Waals surface area contributed by atoms with Crippen LogP contribution in [0.5, 0.6) is 0 Å². The van der Waals surface area contributed by atoms with Crippen LogP contribution in [0.3, 0.4) is 0 Å². The van der Waals surface area contributed by atoms with E-state index in [2.05, 4.69) is 90.4 Å². The quantitative estimate of drug-likeness (QED) is 0.0386. The second-order valence-electron chi connectivity index (χ2n) is 29.9. The molecule has 7 saturated heterocycles. The van der Waals surface area contributed by atoms with Crippen molar-refractivity contribution in [2.75, 3.05) is 88.3 Å². The van der Waals surface area contributed by atoms with Crippen molar-refractivity contribution in [1.82, 2.24) is 118 Å². The second-order valence-corrected chi connectivity index (χ2v) is 49.8. The van der Waals surface area contributed by atoms with Crippen LogP contribution in [0.4, 0.5) is 44.1 Å². The number of aromatic amines is 3. The van der Waals surface area contributed by atoms with Gasteiger partial charge in [0.05, 0.1) is 93.6 Å². The van der Waals surface area contributed by atoms with Crippen molar-refractivity contribution in [3.63, 3.8) is 0 Å². The lowest BCUT2D eigenvalue weighted by Crippen LogP contribution is -2.34. The zero-order valence-corrected chi connectivity index (χ0v) is 80.0. The smallest absolute Gasteiger partial charge is 0.325 e. The second kappa shape index (κ2) is 39.4. The number of hydrogen-bond donors (Lipinski definition) is 15. The summed E-state index contributed by atoms with van der Waals surface area (Å²) in [4.78, 5) is 154. The Kier molecular flexibility index (Phi) is 28.9. The lowest BCUT2D eigenvalue weighted by atomic mass is 10.1. The van der Waals surface area contributed by atoms with Gasteiger partial charge in [0.2, 0.25) is 17.8 Å². The third kappa shape index (κ3) is 21.6. The zero-order valence-electron chi connectivity index (χ0n) is 68.1. The zero-order chi connectivity index (χ0) is 94.3. The molecule has 0 aromatic carbocycles. The van der Waals surface area contributed by atoms with Crippen molar-refractivity contribution in [1.29, 1.82) is 0 Å². The van der Waals surface area contributed by atoms with Gasteiger partial charge in [0, 0.05) is 50.0 Å². The molecule has 2 bridgehead atoms. The fraction of sp³-hybridized carbons (Fsp3) is 0.516. The van der Waals surface area contributed by atoms with Crippen LogP contribution in [0.2, 0.25) is 0 Å². The third-order valence-electron chi connectivity index (χ3n) is 21.2. The molecule has 0 saturated carbocycles. The molecular weight excluding hydrogens is 2050 g/mol. The molecule has 19 heterocycles. The highest BCUT2D eigenvalue weighted by Crippen LogP contribution is 2.60. The number of nitrogens with two attached hydrogens (primary N) is 6. The van der Waals surface area contributed by atoms with Gasteiger partial charge >= 0.3 is 40.3 Å². The third-order valence-corrected chi connectivity index (χ3v) is 34.0. The van der Waals surface area contributed by atoms with Gasteiger partial charge in [0.1, 0.15) is 83.4 Å². The van der Waals surface area contributed by atoms with E-state index in [9.17, 15) is 43.7 Å². The van der Waals surface area contributed by atoms with E-state index in [4.69, 9.17) is 178 Å². The molecule has 6 unspecified atom stereocenters. The van der Waals surface area contributed by atoms with Crippen molar-refractivity contribution in [2.24, 2.45) is 0 Å². The molecule has 19 rings (SSSR count). The average molecular weight is 2120 g/mol. The number of anilines is 6. The summed E-state index contributed by atoms with van der Waals surface area (Å²) in [5, 5.41) is 14.9. The predicted octanol–water partition coefficient (Wildman–Crippen LogP) is 2.45. The molecule has 7 aliphatic heterocycles. The molecule has 0 aliphatic carbocycles. The Hall–Kier alpha value is -6.92. The van der Waals surface area contributed by atoms with Gasteiger partial charge in [-0.1, -0.05) is 10.4 Å². The number of nitrogens with one attached hydrogen (secondary N) is 3. The van der Waals surface area contributed by atoms with Crippen molar-refractivity contribution in [3.8, 4) is 0 Å². The number of rotatable bonds is 24. The molecule has 21 N–H and O–H groups in total. The van der Waals surface area contributed by atoms with Gasteiger partial charge in [0.15, 0.2) is 75.3 Å². The molecule has 7 fully saturated rings. The van der Waals surface area contributed by atoms with E-state index < -0.39 is 154 Å². The summed E-state index contributed by atoms with van der Waals surface area (Å²) in [6.07, 6.45) is -2.75. The minimum atomic E-state index is -4.04. The molecule has 55 nitrogen and oxygen atoms in total. The summed E-state index contributed by atoms with van der Waals surface area (Å²) in [5.41, 5.74) is 35.0. The molecule has 133 heavy (non-hydrogen) atoms. The maximum atomic E-state index is 16.0. The molecule has 12 aromatic rings. The topological polar surface area (TPSA) is 747 Å². The first kappa shape index (κ1) is 97.7. The van der Waals surface area contributed by atoms with Crippen molar-refractivity contribution < 1.29 is 111 Å². The average Bonchev–Trinajstić information content (AvgIpc) is 1.64. The highest BCUT2D eigenvalue weighted by Gasteiger charge is 2.53. The molecule has 7 aliphatic rings. The van der Waals surface area contributed by atoms with Gasteiger partial charge in [0.25, 0.3) is 16.7 Å². The summed E-state index contributed by atoms with van der Waals surface area (Å²) in [7, 11) is 2.46. The number of H-pyrrole nitrogens is 3. The maximum absolute atomic E-state index is 16.0. The lowest BCUT2D eigenvalue weighted by molar-refractivity contribution is -0.0543. The number of thioether (sulfide) groups is 2. The Balaban J connectivity index is 0.000000139. The van der Waals surface area contributed by atoms with Gasteiger partial charge in [-0.3, -0.25) is 43.0 Å². The number of ether oxygens (including phenoxy) is 4. The van der Waals surface area contributed by atoms with Crippen LogP contribution in [0.25, 0.3) is 66.7 Å². The Bertz CT molecular complexity index is 6900. The Labute approximate surface area is 782 Å². The van der Waals surface area contributed by atoms with Gasteiger partial charge in [-0.15, -0.1) is 33.7 Å². The highest BCUT2D eigenvalue weighted by atomic mass is 32.5. The number of fused-ring (bicyclic) bond motifs is 9. The lowest BCUT2D eigenvalue weighted by Gasteiger charge is -2.27. The van der Waals surface area contributed by atoms with E-state index in [-0.39, 0.29) is 150 Å². The standard InChI is InChI=1S/C21H24FN9O8P2S3.C21H28N10O9P2S2.C20H26FN11O8P2S3/c22-12-14-11(37-19(12)30-2-1-9-15(23)25-6-26-16(9)30)5-36-40(33,42)38-10-3-8(4-35-41(34,43)39-14)44-20(10)31-7-27-13-17(31)28-21(24)29-18(13)32;1-35-41(33,43)36-8-11-6-13(20(39-11)31-18-15(28-29-31)19(32)27-21(23)26-18)40-42(34,44)37-7-10-2-3-14(38-10)30-5-4-12-16(22)24-9-25-17(12)30;1-36-41(34,43)38-5-9-3-11(19(45-9)31-7-26-13-16(31)27-20(23)28-17(13)33)40-42(35,44)37-4-8-2-10(21)18(39-8)32-15-12(29-30-32)14(22)24-6-25-15/h1-2,6-8,10-12,14,19-20H,3-5H2,(H,33,42)(H,34,43)(H2,23,25,26)(H3,24,28,29,32);4-5,9-11,13-14,20H,2-3,6-8H2,1H3,(H,33,43)(H,34,44)(H2,22,24,25)(H3,23,26,27,32);6-11,18-19H,2-5H2,1H3,(H,34,43)(H,35,44)(H2,22,24,25)(H3,23,27,28,33)/t8-,10+,11+,12-,14+,19+,20+,40?,41?;10-,11-,13+,14+,20+,41?,42?;8-,9-,10-,11+,18+,19+,41?,42?/m000/s1. The van der Waals surface area contributed by atoms with Crippen LogP contribution in [0.1, 0.15) is 74.2 Å². The molecule has 12 aromatic heterocycles. The molecule has 718 valence electrons. The van der Waals surface area contributed by atoms with Gasteiger partial charge in [-0.2, -0.15) is 24.3 Å². The summed E-state index contributed by atoms with van der Waals surface area (Å²) >= 11 is 33.7. The summed E-state index contributed by atoms with van der Waals surface area (Å²) in [6.45, 7) is -24.0. The van der Waals surface area contributed by atoms with Crippen molar-refractivity contribution in [2.45, 2.75) is 146 Å². The van der Waals surface area contributed by atoms with E-state index in [1.807, 2.05) is 16.8 Å². The fourth-order valence-electron chi connectivity index (χ4n) is 15.3. The number of halogens is 2. The molecular formula is C62H78F2N30O25P6S8. The summed E-state index contributed by atoms with van der Waals surface area (Å²) in [6, 6.07) is 3.43. The molecule has 0 amide bonds. The Morgan fingerprint density at radius 3 is 1.65 bits per heavy atom. The normalized spacial score (nSPS) is 30.5. The summed E-state index contributed by atoms with van der Waals surface area (Å²) in [5.74, 6) is 0.253. The van der Waals surface area contributed by atoms with Crippen LogP contribution < -0.4 is 51.1 Å². The Morgan fingerprint density at radius 2 is 1.02 bits per heavy atom. The van der Waals surface area contributed by atoms with Crippen molar-refractivity contribution in [3.05, 3.63) is 87.2 Å². The molecule has 24 atom stereocenters. The number of hydrogen-bond acceptors (Lipinski definition) is 48. The largest absolute Gasteiger partial charge is 0.383 e. The Morgan fingerprint density at radius 1 is 0.511 bits per heavy atom. The number of nitrogens with zero attached hydrogens (tertiary/aromatic N) is 21. The maximum Gasteiger partial charge on any atom is 0.325 e. The minimum absolute atomic E-state index is 0.0118. The van der Waals surface area contributed by atoms with E-state index in [0.29, 0.717) is 35.3 Å². The number of imidazole rings is 2. The molecule has 0 radical (unpaired) electrons. The van der Waals surface area contributed by atoms with Gasteiger partial charge in [-0.05, 0) is 109 Å². The molecule has 71 heteroatoms. The van der Waals surface area contributed by atoms with Gasteiger partial charge in [-0.25, -0.2) is 48.7 Å². The SMILES string of the molecule is COP(O)(=S)OC[C@@H]1C[C@@H](OP(O)(=S)OC[C@@H]2CC[C@H](n3ccc4c(N)ncnc43)O2)[C@H](n2nnc3c(=O)[nH]c(N)nc32)O1.COP(O)(=S)OC[C@@H]1C[C@@H](OP(O)(=S)OC[C@@H]2C[C@H](F)[C@H](n3nnc4c(N)ncnc43)O2)[C@H](n2cnc3c(=O)[nH]c(N)nc32)S1.Nc1nc2c(ncn2[C@@H]2S[C@@H]3COP(O)(=S)O[C@H]4[C@H](F)[C@H](n5ccc6c(N)ncnc65)O[C@@H]4COP(O)(=S)O[C@@H]2C3)c(=O)[nH]1. The van der Waals surface area contributed by atoms with E-state index in [1.165, 1.54) is 89.5 Å². The first-order chi connectivity index (χ1) is 63.2. The number of nitrogen functional groups attached to an aromatic ring is 6. The van der Waals surface area contributed by atoms with Crippen LogP contribution in [0, 0.1) is 0 Å². The van der Waals surface area contributed by atoms with E-state index >= 15 is 8.78 Å². The molecule has 0 spiro atoms. The minimum Gasteiger partial charge on any atom is -0.383 e. The van der Waals surface area contributed by atoms with E-state index in [0.717, 1.165) is 5.39 Å². The van der Waals surface area contributed by atoms with E-state index in [1.54, 1.807) is 15.2 Å². The summed E-state index contributed by atoms with van der Waals surface area (Å²) < 4.78 is 130. The van der Waals surface area contributed by atoms with Crippen molar-refractivity contribution >= 4 is 237 Å².